The maximum atomic E-state index is 12.5. The second-order valence-corrected chi connectivity index (χ2v) is 7.74. The summed E-state index contributed by atoms with van der Waals surface area (Å²) in [7, 11) is 0. The number of halogens is 1. The lowest BCUT2D eigenvalue weighted by Crippen LogP contribution is -2.19. The van der Waals surface area contributed by atoms with Crippen molar-refractivity contribution in [3.05, 3.63) is 79.9 Å². The van der Waals surface area contributed by atoms with E-state index in [4.69, 9.17) is 11.6 Å². The summed E-state index contributed by atoms with van der Waals surface area (Å²) in [6, 6.07) is 11.7. The third kappa shape index (κ3) is 3.61. The monoisotopic (exact) mass is 395 g/mol. The Morgan fingerprint density at radius 1 is 1.22 bits per heavy atom. The SMILES string of the molecule is Cc1cscc1-c1cccc(NC(C)c2cc3cc(Cl)cnc3[nH]c2=O)c1. The first-order chi connectivity index (χ1) is 13.0. The number of aryl methyl sites for hydroxylation is 1. The van der Waals surface area contributed by atoms with E-state index in [0.29, 0.717) is 16.2 Å². The highest BCUT2D eigenvalue weighted by atomic mass is 35.5. The van der Waals surface area contributed by atoms with Crippen LogP contribution in [0.5, 0.6) is 0 Å². The molecule has 0 amide bonds. The van der Waals surface area contributed by atoms with Gasteiger partial charge in [-0.3, -0.25) is 4.79 Å². The van der Waals surface area contributed by atoms with Gasteiger partial charge in [-0.1, -0.05) is 23.7 Å². The number of pyridine rings is 2. The van der Waals surface area contributed by atoms with E-state index in [2.05, 4.69) is 45.1 Å². The van der Waals surface area contributed by atoms with Crippen molar-refractivity contribution in [1.82, 2.24) is 9.97 Å². The highest BCUT2D eigenvalue weighted by Gasteiger charge is 2.13. The van der Waals surface area contributed by atoms with Crippen LogP contribution >= 0.6 is 22.9 Å². The maximum Gasteiger partial charge on any atom is 0.254 e. The Morgan fingerprint density at radius 3 is 2.85 bits per heavy atom. The Bertz CT molecular complexity index is 1180. The van der Waals surface area contributed by atoms with Crippen LogP contribution in [0.4, 0.5) is 5.69 Å². The van der Waals surface area contributed by atoms with Crippen LogP contribution in [0, 0.1) is 6.92 Å². The van der Waals surface area contributed by atoms with E-state index in [1.807, 2.05) is 25.1 Å². The van der Waals surface area contributed by atoms with Gasteiger partial charge in [-0.25, -0.2) is 4.98 Å². The van der Waals surface area contributed by atoms with Crippen molar-refractivity contribution in [3.8, 4) is 11.1 Å². The van der Waals surface area contributed by atoms with E-state index in [1.165, 1.54) is 17.3 Å². The van der Waals surface area contributed by atoms with Gasteiger partial charge >= 0.3 is 0 Å². The molecule has 0 saturated carbocycles. The van der Waals surface area contributed by atoms with Crippen molar-refractivity contribution in [2.24, 2.45) is 0 Å². The van der Waals surface area contributed by atoms with Gasteiger partial charge in [0.05, 0.1) is 11.1 Å². The van der Waals surface area contributed by atoms with Gasteiger partial charge in [0.25, 0.3) is 5.56 Å². The number of fused-ring (bicyclic) bond motifs is 1. The molecule has 0 aliphatic heterocycles. The van der Waals surface area contributed by atoms with E-state index in [1.54, 1.807) is 17.4 Å². The van der Waals surface area contributed by atoms with Crippen LogP contribution in [-0.4, -0.2) is 9.97 Å². The topological polar surface area (TPSA) is 57.8 Å². The van der Waals surface area contributed by atoms with Gasteiger partial charge in [0.1, 0.15) is 5.65 Å². The van der Waals surface area contributed by atoms with Crippen LogP contribution in [-0.2, 0) is 0 Å². The molecule has 1 unspecified atom stereocenters. The Balaban J connectivity index is 1.65. The van der Waals surface area contributed by atoms with Crippen LogP contribution in [0.25, 0.3) is 22.2 Å². The summed E-state index contributed by atoms with van der Waals surface area (Å²) in [5, 5.41) is 9.09. The number of hydrogen-bond donors (Lipinski definition) is 2. The first-order valence-corrected chi connectivity index (χ1v) is 9.91. The second-order valence-electron chi connectivity index (χ2n) is 6.56. The molecule has 27 heavy (non-hydrogen) atoms. The molecule has 4 rings (SSSR count). The highest BCUT2D eigenvalue weighted by molar-refractivity contribution is 7.08. The molecule has 1 atom stereocenters. The third-order valence-electron chi connectivity index (χ3n) is 4.57. The first kappa shape index (κ1) is 17.8. The summed E-state index contributed by atoms with van der Waals surface area (Å²) in [5.74, 6) is 0. The van der Waals surface area contributed by atoms with Gasteiger partial charge in [0, 0.05) is 22.8 Å². The Hall–Kier alpha value is -2.63. The van der Waals surface area contributed by atoms with Crippen molar-refractivity contribution in [3.63, 3.8) is 0 Å². The summed E-state index contributed by atoms with van der Waals surface area (Å²) in [5.41, 5.74) is 5.66. The highest BCUT2D eigenvalue weighted by Crippen LogP contribution is 2.29. The molecule has 4 aromatic rings. The van der Waals surface area contributed by atoms with Crippen LogP contribution in [0.15, 0.2) is 58.1 Å². The summed E-state index contributed by atoms with van der Waals surface area (Å²) in [6.07, 6.45) is 1.53. The van der Waals surface area contributed by atoms with Gasteiger partial charge in [-0.15, -0.1) is 0 Å². The minimum atomic E-state index is -0.170. The number of rotatable bonds is 4. The Morgan fingerprint density at radius 2 is 2.07 bits per heavy atom. The quantitative estimate of drug-likeness (QED) is 0.460. The minimum absolute atomic E-state index is 0.151. The first-order valence-electron chi connectivity index (χ1n) is 8.59. The molecule has 0 spiro atoms. The molecule has 0 aliphatic rings. The molecular formula is C21H18ClN3OS. The number of aromatic amines is 1. The van der Waals surface area contributed by atoms with Crippen LogP contribution in [0.1, 0.15) is 24.1 Å². The van der Waals surface area contributed by atoms with Crippen LogP contribution < -0.4 is 10.9 Å². The number of thiophene rings is 1. The fourth-order valence-corrected chi connectivity index (χ4v) is 4.19. The molecule has 0 saturated heterocycles. The van der Waals surface area contributed by atoms with E-state index < -0.39 is 0 Å². The lowest BCUT2D eigenvalue weighted by Gasteiger charge is -2.16. The smallest absolute Gasteiger partial charge is 0.254 e. The fraction of sp³-hybridized carbons (Fsp3) is 0.143. The lowest BCUT2D eigenvalue weighted by atomic mass is 10.0. The molecule has 0 radical (unpaired) electrons. The molecule has 3 aromatic heterocycles. The van der Waals surface area contributed by atoms with Crippen LogP contribution in [0.2, 0.25) is 5.02 Å². The van der Waals surface area contributed by atoms with Crippen molar-refractivity contribution in [2.45, 2.75) is 19.9 Å². The van der Waals surface area contributed by atoms with Crippen LogP contribution in [0.3, 0.4) is 0 Å². The van der Waals surface area contributed by atoms with Crippen molar-refractivity contribution < 1.29 is 0 Å². The summed E-state index contributed by atoms with van der Waals surface area (Å²) in [4.78, 5) is 19.5. The molecule has 136 valence electrons. The normalized spacial score (nSPS) is 12.3. The second kappa shape index (κ2) is 7.18. The zero-order chi connectivity index (χ0) is 19.0. The zero-order valence-electron chi connectivity index (χ0n) is 14.9. The number of H-pyrrole nitrogens is 1. The number of hydrogen-bond acceptors (Lipinski definition) is 4. The third-order valence-corrected chi connectivity index (χ3v) is 5.64. The van der Waals surface area contributed by atoms with Crippen molar-refractivity contribution in [2.75, 3.05) is 5.32 Å². The number of nitrogens with one attached hydrogen (secondary N) is 2. The minimum Gasteiger partial charge on any atom is -0.378 e. The molecule has 0 aliphatic carbocycles. The van der Waals surface area contributed by atoms with Crippen molar-refractivity contribution >= 4 is 39.7 Å². The van der Waals surface area contributed by atoms with E-state index in [0.717, 1.165) is 16.6 Å². The average molecular weight is 396 g/mol. The van der Waals surface area contributed by atoms with E-state index in [-0.39, 0.29) is 11.6 Å². The Labute approximate surface area is 165 Å². The Kier molecular flexibility index (Phi) is 4.72. The summed E-state index contributed by atoms with van der Waals surface area (Å²) >= 11 is 7.73. The molecule has 3 heterocycles. The number of nitrogens with zero attached hydrogens (tertiary/aromatic N) is 1. The predicted octanol–water partition coefficient (Wildman–Crippen LogP) is 5.79. The molecule has 4 nitrogen and oxygen atoms in total. The molecule has 0 fully saturated rings. The molecule has 1 aromatic carbocycles. The average Bonchev–Trinajstić information content (AvgIpc) is 3.07. The van der Waals surface area contributed by atoms with Gasteiger partial charge in [-0.05, 0) is 65.6 Å². The number of benzene rings is 1. The number of anilines is 1. The predicted molar refractivity (Wildman–Crippen MR) is 114 cm³/mol. The van der Waals surface area contributed by atoms with E-state index in [9.17, 15) is 4.79 Å². The zero-order valence-corrected chi connectivity index (χ0v) is 16.5. The van der Waals surface area contributed by atoms with Gasteiger partial charge < -0.3 is 10.3 Å². The largest absolute Gasteiger partial charge is 0.378 e. The summed E-state index contributed by atoms with van der Waals surface area (Å²) in [6.45, 7) is 4.08. The molecule has 2 N–H and O–H groups in total. The standard InChI is InChI=1S/C21H18ClN3OS/c1-12-10-27-11-19(12)14-4-3-5-17(7-14)24-13(2)18-8-15-6-16(22)9-23-20(15)25-21(18)26/h3-11,13,24H,1-2H3,(H,23,25,26). The van der Waals surface area contributed by atoms with E-state index >= 15 is 0 Å². The van der Waals surface area contributed by atoms with Crippen molar-refractivity contribution in [1.29, 1.82) is 0 Å². The molecule has 0 bridgehead atoms. The maximum absolute atomic E-state index is 12.5. The molecule has 6 heteroatoms. The van der Waals surface area contributed by atoms with Gasteiger partial charge in [0.2, 0.25) is 0 Å². The van der Waals surface area contributed by atoms with Gasteiger partial charge in [-0.2, -0.15) is 11.3 Å². The lowest BCUT2D eigenvalue weighted by molar-refractivity contribution is 0.865. The summed E-state index contributed by atoms with van der Waals surface area (Å²) < 4.78 is 0. The van der Waals surface area contributed by atoms with Gasteiger partial charge in [0.15, 0.2) is 0 Å². The number of aromatic nitrogens is 2. The fourth-order valence-electron chi connectivity index (χ4n) is 3.16. The molecular weight excluding hydrogens is 378 g/mol.